The number of hydrogen-bond acceptors (Lipinski definition) is 3. The van der Waals surface area contributed by atoms with Crippen LogP contribution in [0.2, 0.25) is 0 Å². The highest BCUT2D eigenvalue weighted by Crippen LogP contribution is 2.00. The molecule has 0 rings (SSSR count). The molecule has 0 saturated carbocycles. The van der Waals surface area contributed by atoms with Crippen molar-refractivity contribution < 1.29 is 12.6 Å². The summed E-state index contributed by atoms with van der Waals surface area (Å²) in [5.74, 6) is 0. The van der Waals surface area contributed by atoms with Crippen molar-refractivity contribution in [1.82, 2.24) is 0 Å². The normalized spacial score (nSPS) is 11.8. The molecule has 0 spiro atoms. The largest absolute Gasteiger partial charge is 0.270 e. The average molecular weight is 180 g/mol. The molecule has 3 nitrogen and oxygen atoms in total. The molecule has 0 aliphatic carbocycles. The molecule has 11 heavy (non-hydrogen) atoms. The molecule has 4 heteroatoms. The van der Waals surface area contributed by atoms with Crippen molar-refractivity contribution in [3.63, 3.8) is 0 Å². The van der Waals surface area contributed by atoms with Gasteiger partial charge < -0.3 is 0 Å². The molecule has 0 aliphatic rings. The third-order valence-corrected chi connectivity index (χ3v) is 1.89. The van der Waals surface area contributed by atoms with Crippen LogP contribution in [0.3, 0.4) is 0 Å². The van der Waals surface area contributed by atoms with Crippen molar-refractivity contribution in [2.45, 2.75) is 32.6 Å². The van der Waals surface area contributed by atoms with Gasteiger partial charge in [0, 0.05) is 0 Å². The van der Waals surface area contributed by atoms with Crippen molar-refractivity contribution in [3.05, 3.63) is 0 Å². The van der Waals surface area contributed by atoms with Gasteiger partial charge in [0.25, 0.3) is 10.1 Å². The predicted molar refractivity (Wildman–Crippen MR) is 44.9 cm³/mol. The lowest BCUT2D eigenvalue weighted by Crippen LogP contribution is -2.03. The Hall–Kier alpha value is -0.0900. The van der Waals surface area contributed by atoms with Crippen LogP contribution in [-0.4, -0.2) is 21.3 Å². The Morgan fingerprint density at radius 3 is 2.27 bits per heavy atom. The third-order valence-electron chi connectivity index (χ3n) is 1.30. The standard InChI is InChI=1S/C7H16O3S/c1-3-4-5-6-7-10-11(2,8)9/h3-7H2,1-2H3. The molecule has 0 aliphatic heterocycles. The van der Waals surface area contributed by atoms with Crippen LogP contribution < -0.4 is 0 Å². The SMILES string of the molecule is CCCCCCOS(C)(=O)=O. The van der Waals surface area contributed by atoms with Gasteiger partial charge in [0.15, 0.2) is 0 Å². The number of rotatable bonds is 6. The van der Waals surface area contributed by atoms with Crippen molar-refractivity contribution in [2.24, 2.45) is 0 Å². The van der Waals surface area contributed by atoms with E-state index < -0.39 is 10.1 Å². The van der Waals surface area contributed by atoms with E-state index in [0.29, 0.717) is 6.61 Å². The fourth-order valence-electron chi connectivity index (χ4n) is 0.739. The summed E-state index contributed by atoms with van der Waals surface area (Å²) in [6.45, 7) is 2.44. The van der Waals surface area contributed by atoms with E-state index in [2.05, 4.69) is 11.1 Å². The highest BCUT2D eigenvalue weighted by atomic mass is 32.2. The zero-order chi connectivity index (χ0) is 8.74. The van der Waals surface area contributed by atoms with E-state index in [-0.39, 0.29) is 0 Å². The summed E-state index contributed by atoms with van der Waals surface area (Å²) < 4.78 is 25.4. The molecular formula is C7H16O3S. The van der Waals surface area contributed by atoms with Gasteiger partial charge in [-0.1, -0.05) is 26.2 Å². The second-order valence-electron chi connectivity index (χ2n) is 2.59. The summed E-state index contributed by atoms with van der Waals surface area (Å²) in [4.78, 5) is 0. The second-order valence-corrected chi connectivity index (χ2v) is 4.23. The third kappa shape index (κ3) is 9.91. The Kier molecular flexibility index (Phi) is 5.50. The molecule has 0 aromatic carbocycles. The highest BCUT2D eigenvalue weighted by molar-refractivity contribution is 7.85. The van der Waals surface area contributed by atoms with Crippen LogP contribution in [0.15, 0.2) is 0 Å². The van der Waals surface area contributed by atoms with Crippen LogP contribution in [0.4, 0.5) is 0 Å². The predicted octanol–water partition coefficient (Wildman–Crippen LogP) is 1.54. The Balaban J connectivity index is 3.16. The summed E-state index contributed by atoms with van der Waals surface area (Å²) >= 11 is 0. The molecule has 68 valence electrons. The lowest BCUT2D eigenvalue weighted by atomic mass is 10.2. The van der Waals surface area contributed by atoms with Gasteiger partial charge in [-0.2, -0.15) is 8.42 Å². The molecule has 0 fully saturated rings. The fourth-order valence-corrected chi connectivity index (χ4v) is 1.16. The van der Waals surface area contributed by atoms with Crippen LogP contribution in [0.25, 0.3) is 0 Å². The zero-order valence-electron chi connectivity index (χ0n) is 7.17. The molecule has 0 aromatic heterocycles. The smallest absolute Gasteiger partial charge is 0.264 e. The van der Waals surface area contributed by atoms with Crippen LogP contribution in [0.5, 0.6) is 0 Å². The minimum atomic E-state index is -3.21. The molecule has 0 bridgehead atoms. The van der Waals surface area contributed by atoms with Gasteiger partial charge in [-0.05, 0) is 6.42 Å². The van der Waals surface area contributed by atoms with Crippen LogP contribution in [-0.2, 0) is 14.3 Å². The Morgan fingerprint density at radius 2 is 1.82 bits per heavy atom. The van der Waals surface area contributed by atoms with Gasteiger partial charge in [-0.25, -0.2) is 0 Å². The summed E-state index contributed by atoms with van der Waals surface area (Å²) in [5.41, 5.74) is 0. The quantitative estimate of drug-likeness (QED) is 0.460. The maximum absolute atomic E-state index is 10.4. The molecule has 0 aromatic rings. The van der Waals surface area contributed by atoms with Crippen molar-refractivity contribution in [3.8, 4) is 0 Å². The first-order valence-corrected chi connectivity index (χ1v) is 5.72. The Morgan fingerprint density at radius 1 is 1.18 bits per heavy atom. The van der Waals surface area contributed by atoms with Crippen LogP contribution >= 0.6 is 0 Å². The maximum Gasteiger partial charge on any atom is 0.264 e. The van der Waals surface area contributed by atoms with E-state index in [4.69, 9.17) is 0 Å². The maximum atomic E-state index is 10.4. The topological polar surface area (TPSA) is 43.4 Å². The lowest BCUT2D eigenvalue weighted by Gasteiger charge is -1.99. The number of hydrogen-bond donors (Lipinski definition) is 0. The molecule has 0 N–H and O–H groups in total. The molecule has 0 heterocycles. The van der Waals surface area contributed by atoms with Gasteiger partial charge in [0.1, 0.15) is 0 Å². The Labute approximate surface area is 68.9 Å². The zero-order valence-corrected chi connectivity index (χ0v) is 7.99. The summed E-state index contributed by atoms with van der Waals surface area (Å²) in [6, 6.07) is 0. The molecular weight excluding hydrogens is 164 g/mol. The summed E-state index contributed by atoms with van der Waals surface area (Å²) in [6.07, 6.45) is 5.26. The van der Waals surface area contributed by atoms with Crippen LogP contribution in [0.1, 0.15) is 32.6 Å². The minimum Gasteiger partial charge on any atom is -0.270 e. The van der Waals surface area contributed by atoms with E-state index in [9.17, 15) is 8.42 Å². The minimum absolute atomic E-state index is 0.332. The summed E-state index contributed by atoms with van der Waals surface area (Å²) in [7, 11) is -3.21. The fraction of sp³-hybridized carbons (Fsp3) is 1.00. The first kappa shape index (κ1) is 10.9. The van der Waals surface area contributed by atoms with Crippen molar-refractivity contribution in [2.75, 3.05) is 12.9 Å². The monoisotopic (exact) mass is 180 g/mol. The van der Waals surface area contributed by atoms with Gasteiger partial charge in [-0.15, -0.1) is 0 Å². The van der Waals surface area contributed by atoms with E-state index in [1.165, 1.54) is 0 Å². The first-order chi connectivity index (χ1) is 5.06. The Bertz CT molecular complexity index is 172. The second kappa shape index (κ2) is 5.55. The molecule has 0 amide bonds. The summed E-state index contributed by atoms with van der Waals surface area (Å²) in [5, 5.41) is 0. The van der Waals surface area contributed by atoms with Crippen molar-refractivity contribution >= 4 is 10.1 Å². The van der Waals surface area contributed by atoms with E-state index in [1.54, 1.807) is 0 Å². The lowest BCUT2D eigenvalue weighted by molar-refractivity contribution is 0.310. The van der Waals surface area contributed by atoms with E-state index in [1.807, 2.05) is 0 Å². The molecule has 0 radical (unpaired) electrons. The highest BCUT2D eigenvalue weighted by Gasteiger charge is 1.99. The van der Waals surface area contributed by atoms with Gasteiger partial charge >= 0.3 is 0 Å². The van der Waals surface area contributed by atoms with Crippen molar-refractivity contribution in [1.29, 1.82) is 0 Å². The van der Waals surface area contributed by atoms with Gasteiger partial charge in [-0.3, -0.25) is 4.18 Å². The molecule has 0 atom stereocenters. The van der Waals surface area contributed by atoms with E-state index >= 15 is 0 Å². The average Bonchev–Trinajstić information content (AvgIpc) is 1.85. The van der Waals surface area contributed by atoms with Gasteiger partial charge in [0.2, 0.25) is 0 Å². The molecule has 0 unspecified atom stereocenters. The number of unbranched alkanes of at least 4 members (excludes halogenated alkanes) is 3. The van der Waals surface area contributed by atoms with E-state index in [0.717, 1.165) is 31.9 Å². The first-order valence-electron chi connectivity index (χ1n) is 3.90. The van der Waals surface area contributed by atoms with Crippen LogP contribution in [0, 0.1) is 0 Å². The van der Waals surface area contributed by atoms with Gasteiger partial charge in [0.05, 0.1) is 12.9 Å². The molecule has 0 saturated heterocycles.